The molecule has 2 N–H and O–H groups in total. The maximum Gasteiger partial charge on any atom is 0.303 e. The van der Waals surface area contributed by atoms with Crippen molar-refractivity contribution < 1.29 is 9.90 Å². The minimum atomic E-state index is -0.733. The molecular weight excluding hydrogens is 178 g/mol. The number of hydrogen-bond donors (Lipinski definition) is 2. The molecule has 0 saturated carbocycles. The van der Waals surface area contributed by atoms with Crippen molar-refractivity contribution in [2.24, 2.45) is 0 Å². The first-order valence-corrected chi connectivity index (χ1v) is 4.83. The molecule has 3 heteroatoms. The first kappa shape index (κ1) is 9.06. The van der Waals surface area contributed by atoms with Crippen LogP contribution in [0.1, 0.15) is 17.5 Å². The zero-order valence-corrected chi connectivity index (χ0v) is 7.92. The summed E-state index contributed by atoms with van der Waals surface area (Å²) in [6.07, 6.45) is 1.89. The Morgan fingerprint density at radius 3 is 3.14 bits per heavy atom. The largest absolute Gasteiger partial charge is 0.481 e. The second-order valence-corrected chi connectivity index (χ2v) is 3.56. The number of rotatable bonds is 3. The zero-order chi connectivity index (χ0) is 9.97. The molecule has 1 aromatic carbocycles. The summed E-state index contributed by atoms with van der Waals surface area (Å²) in [6.45, 7) is 0.998. The Hall–Kier alpha value is -1.51. The van der Waals surface area contributed by atoms with Gasteiger partial charge in [-0.1, -0.05) is 12.1 Å². The van der Waals surface area contributed by atoms with Crippen LogP contribution in [0.25, 0.3) is 0 Å². The summed E-state index contributed by atoms with van der Waals surface area (Å²) in [6, 6.07) is 6.15. The predicted octanol–water partition coefficient (Wildman–Crippen LogP) is 1.67. The van der Waals surface area contributed by atoms with Gasteiger partial charge in [0, 0.05) is 18.7 Å². The third-order valence-electron chi connectivity index (χ3n) is 2.51. The molecule has 74 valence electrons. The number of carboxylic acid groups (broad SMARTS) is 1. The summed E-state index contributed by atoms with van der Waals surface area (Å²) in [5, 5.41) is 11.8. The summed E-state index contributed by atoms with van der Waals surface area (Å²) in [5.74, 6) is -0.733. The van der Waals surface area contributed by atoms with Crippen LogP contribution in [-0.4, -0.2) is 17.6 Å². The Bertz CT molecular complexity index is 360. The van der Waals surface area contributed by atoms with Gasteiger partial charge in [0.1, 0.15) is 0 Å². The molecule has 0 bridgehead atoms. The SMILES string of the molecule is O=C(O)CCc1ccc2c(c1)CCN2. The number of benzene rings is 1. The molecule has 0 amide bonds. The van der Waals surface area contributed by atoms with Crippen molar-refractivity contribution in [3.05, 3.63) is 29.3 Å². The molecule has 0 saturated heterocycles. The topological polar surface area (TPSA) is 49.3 Å². The van der Waals surface area contributed by atoms with Gasteiger partial charge >= 0.3 is 5.97 Å². The lowest BCUT2D eigenvalue weighted by Gasteiger charge is -2.02. The molecule has 14 heavy (non-hydrogen) atoms. The van der Waals surface area contributed by atoms with Crippen molar-refractivity contribution in [2.45, 2.75) is 19.3 Å². The quantitative estimate of drug-likeness (QED) is 0.764. The number of aryl methyl sites for hydroxylation is 1. The molecule has 1 aliphatic rings. The van der Waals surface area contributed by atoms with Gasteiger partial charge in [-0.05, 0) is 30.0 Å². The maximum absolute atomic E-state index is 10.4. The van der Waals surface area contributed by atoms with Crippen LogP contribution < -0.4 is 5.32 Å². The highest BCUT2D eigenvalue weighted by molar-refractivity contribution is 5.67. The van der Waals surface area contributed by atoms with Crippen molar-refractivity contribution in [3.8, 4) is 0 Å². The number of fused-ring (bicyclic) bond motifs is 1. The molecule has 1 aliphatic heterocycles. The first-order valence-electron chi connectivity index (χ1n) is 4.83. The lowest BCUT2D eigenvalue weighted by molar-refractivity contribution is -0.136. The van der Waals surface area contributed by atoms with Crippen molar-refractivity contribution >= 4 is 11.7 Å². The Morgan fingerprint density at radius 2 is 2.36 bits per heavy atom. The Labute approximate surface area is 82.8 Å². The molecule has 2 rings (SSSR count). The highest BCUT2D eigenvalue weighted by Crippen LogP contribution is 2.23. The van der Waals surface area contributed by atoms with Crippen LogP contribution in [0.2, 0.25) is 0 Å². The van der Waals surface area contributed by atoms with Crippen molar-refractivity contribution in [3.63, 3.8) is 0 Å². The number of aliphatic carboxylic acids is 1. The van der Waals surface area contributed by atoms with Gasteiger partial charge in [0.15, 0.2) is 0 Å². The first-order chi connectivity index (χ1) is 6.75. The number of anilines is 1. The summed E-state index contributed by atoms with van der Waals surface area (Å²) in [5.41, 5.74) is 3.63. The third-order valence-corrected chi connectivity index (χ3v) is 2.51. The second kappa shape index (κ2) is 3.70. The fourth-order valence-electron chi connectivity index (χ4n) is 1.76. The maximum atomic E-state index is 10.4. The molecule has 0 fully saturated rings. The minimum absolute atomic E-state index is 0.214. The van der Waals surface area contributed by atoms with E-state index in [1.165, 1.54) is 11.3 Å². The zero-order valence-electron chi connectivity index (χ0n) is 7.92. The molecule has 0 aromatic heterocycles. The van der Waals surface area contributed by atoms with Gasteiger partial charge in [0.05, 0.1) is 0 Å². The molecule has 0 unspecified atom stereocenters. The summed E-state index contributed by atoms with van der Waals surface area (Å²) in [7, 11) is 0. The normalized spacial score (nSPS) is 13.4. The Kier molecular flexibility index (Phi) is 2.39. The van der Waals surface area contributed by atoms with Crippen LogP contribution in [0, 0.1) is 0 Å². The van der Waals surface area contributed by atoms with E-state index < -0.39 is 5.97 Å². The van der Waals surface area contributed by atoms with E-state index in [4.69, 9.17) is 5.11 Å². The highest BCUT2D eigenvalue weighted by atomic mass is 16.4. The van der Waals surface area contributed by atoms with Crippen LogP contribution in [-0.2, 0) is 17.6 Å². The summed E-state index contributed by atoms with van der Waals surface area (Å²) >= 11 is 0. The smallest absolute Gasteiger partial charge is 0.303 e. The average molecular weight is 191 g/mol. The molecule has 3 nitrogen and oxygen atoms in total. The van der Waals surface area contributed by atoms with Crippen LogP contribution in [0.15, 0.2) is 18.2 Å². The standard InChI is InChI=1S/C11H13NO2/c13-11(14)4-2-8-1-3-10-9(7-8)5-6-12-10/h1,3,7,12H,2,4-6H2,(H,13,14). The lowest BCUT2D eigenvalue weighted by atomic mass is 10.0. The van der Waals surface area contributed by atoms with Crippen molar-refractivity contribution in [1.82, 2.24) is 0 Å². The van der Waals surface area contributed by atoms with Crippen LogP contribution in [0.5, 0.6) is 0 Å². The van der Waals surface area contributed by atoms with Crippen LogP contribution in [0.3, 0.4) is 0 Å². The predicted molar refractivity (Wildman–Crippen MR) is 54.6 cm³/mol. The Balaban J connectivity index is 2.09. The van der Waals surface area contributed by atoms with Gasteiger partial charge in [-0.15, -0.1) is 0 Å². The van der Waals surface area contributed by atoms with Gasteiger partial charge in [-0.25, -0.2) is 0 Å². The second-order valence-electron chi connectivity index (χ2n) is 3.56. The van der Waals surface area contributed by atoms with Crippen LogP contribution in [0.4, 0.5) is 5.69 Å². The van der Waals surface area contributed by atoms with Gasteiger partial charge in [-0.2, -0.15) is 0 Å². The van der Waals surface area contributed by atoms with E-state index in [2.05, 4.69) is 11.4 Å². The molecule has 0 aliphatic carbocycles. The van der Waals surface area contributed by atoms with Crippen molar-refractivity contribution in [1.29, 1.82) is 0 Å². The molecule has 0 spiro atoms. The fraction of sp³-hybridized carbons (Fsp3) is 0.364. The van der Waals surface area contributed by atoms with E-state index in [9.17, 15) is 4.79 Å². The monoisotopic (exact) mass is 191 g/mol. The van der Waals surface area contributed by atoms with E-state index in [1.807, 2.05) is 12.1 Å². The number of carbonyl (C=O) groups is 1. The van der Waals surface area contributed by atoms with E-state index in [-0.39, 0.29) is 6.42 Å². The molecule has 0 atom stereocenters. The summed E-state index contributed by atoms with van der Waals surface area (Å²) in [4.78, 5) is 10.4. The molecular formula is C11H13NO2. The van der Waals surface area contributed by atoms with Gasteiger partial charge < -0.3 is 10.4 Å². The van der Waals surface area contributed by atoms with Crippen molar-refractivity contribution in [2.75, 3.05) is 11.9 Å². The molecule has 1 heterocycles. The van der Waals surface area contributed by atoms with Gasteiger partial charge in [-0.3, -0.25) is 4.79 Å². The summed E-state index contributed by atoms with van der Waals surface area (Å²) < 4.78 is 0. The van der Waals surface area contributed by atoms with Gasteiger partial charge in [0.25, 0.3) is 0 Å². The number of carboxylic acids is 1. The Morgan fingerprint density at radius 1 is 1.50 bits per heavy atom. The molecule has 0 radical (unpaired) electrons. The van der Waals surface area contributed by atoms with E-state index in [0.29, 0.717) is 6.42 Å². The van der Waals surface area contributed by atoms with Crippen LogP contribution >= 0.6 is 0 Å². The lowest BCUT2D eigenvalue weighted by Crippen LogP contribution is -1.97. The average Bonchev–Trinajstić information content (AvgIpc) is 2.61. The fourth-order valence-corrected chi connectivity index (χ4v) is 1.76. The molecule has 1 aromatic rings. The van der Waals surface area contributed by atoms with E-state index >= 15 is 0 Å². The minimum Gasteiger partial charge on any atom is -0.481 e. The van der Waals surface area contributed by atoms with Gasteiger partial charge in [0.2, 0.25) is 0 Å². The highest BCUT2D eigenvalue weighted by Gasteiger charge is 2.10. The number of hydrogen-bond acceptors (Lipinski definition) is 2. The van der Waals surface area contributed by atoms with E-state index in [1.54, 1.807) is 0 Å². The third kappa shape index (κ3) is 1.87. The number of nitrogens with one attached hydrogen (secondary N) is 1. The van der Waals surface area contributed by atoms with E-state index in [0.717, 1.165) is 18.5 Å².